The second-order valence-corrected chi connectivity index (χ2v) is 12.7. The molecule has 0 aromatic heterocycles. The average molecular weight is 598 g/mol. The molecule has 2 atom stereocenters. The van der Waals surface area contributed by atoms with Crippen LogP contribution in [-0.2, 0) is 25.6 Å². The van der Waals surface area contributed by atoms with Crippen LogP contribution in [0.5, 0.6) is 0 Å². The number of hydrogen-bond donors (Lipinski definition) is 4. The van der Waals surface area contributed by atoms with E-state index in [-0.39, 0.29) is 36.4 Å². The van der Waals surface area contributed by atoms with Crippen molar-refractivity contribution >= 4 is 29.7 Å². The molecule has 12 heteroatoms. The Bertz CT molecular complexity index is 1140. The maximum absolute atomic E-state index is 13.0. The molecule has 0 aliphatic carbocycles. The summed E-state index contributed by atoms with van der Waals surface area (Å²) in [5.74, 6) is -1.46. The Kier molecular flexibility index (Phi) is 11.0. The molecule has 3 fully saturated rings. The minimum absolute atomic E-state index is 0.0862. The van der Waals surface area contributed by atoms with Gasteiger partial charge in [-0.25, -0.2) is 4.79 Å². The van der Waals surface area contributed by atoms with E-state index in [0.29, 0.717) is 25.9 Å². The molecule has 1 spiro atoms. The van der Waals surface area contributed by atoms with Crippen LogP contribution in [0.3, 0.4) is 0 Å². The van der Waals surface area contributed by atoms with Gasteiger partial charge in [0.15, 0.2) is 0 Å². The molecule has 5 N–H and O–H groups in total. The van der Waals surface area contributed by atoms with Gasteiger partial charge in [0.05, 0.1) is 19.1 Å². The van der Waals surface area contributed by atoms with Gasteiger partial charge in [-0.05, 0) is 50.0 Å². The van der Waals surface area contributed by atoms with Gasteiger partial charge < -0.3 is 36.4 Å². The SMILES string of the molecule is CC(C)CC(NC(=O)CNC(=O)C(N)Cc1ccccc1)C(=O)NCC(=O)N1CCC2(CC1)CN(C(=O)N1CCCC1)C2. The number of urea groups is 1. The summed E-state index contributed by atoms with van der Waals surface area (Å²) in [7, 11) is 0. The van der Waals surface area contributed by atoms with Gasteiger partial charge in [-0.1, -0.05) is 44.2 Å². The normalized spacial score (nSPS) is 19.0. The molecule has 0 radical (unpaired) electrons. The minimum Gasteiger partial charge on any atom is -0.346 e. The van der Waals surface area contributed by atoms with Crippen molar-refractivity contribution in [3.63, 3.8) is 0 Å². The van der Waals surface area contributed by atoms with E-state index in [4.69, 9.17) is 5.73 Å². The molecule has 1 aromatic carbocycles. The summed E-state index contributed by atoms with van der Waals surface area (Å²) in [6, 6.07) is 7.86. The molecule has 43 heavy (non-hydrogen) atoms. The summed E-state index contributed by atoms with van der Waals surface area (Å²) in [6.45, 7) is 7.79. The first-order valence-corrected chi connectivity index (χ1v) is 15.5. The van der Waals surface area contributed by atoms with E-state index in [1.807, 2.05) is 54.0 Å². The summed E-state index contributed by atoms with van der Waals surface area (Å²) in [5.41, 5.74) is 6.99. The minimum atomic E-state index is -0.839. The number of amides is 6. The van der Waals surface area contributed by atoms with E-state index >= 15 is 0 Å². The van der Waals surface area contributed by atoms with Crippen molar-refractivity contribution in [3.8, 4) is 0 Å². The van der Waals surface area contributed by atoms with Crippen LogP contribution < -0.4 is 21.7 Å². The molecule has 236 valence electrons. The summed E-state index contributed by atoms with van der Waals surface area (Å²) >= 11 is 0. The Labute approximate surface area is 254 Å². The maximum Gasteiger partial charge on any atom is 0.320 e. The third-order valence-corrected chi connectivity index (χ3v) is 8.71. The highest BCUT2D eigenvalue weighted by Crippen LogP contribution is 2.41. The highest BCUT2D eigenvalue weighted by Gasteiger charge is 2.48. The first-order valence-electron chi connectivity index (χ1n) is 15.5. The van der Waals surface area contributed by atoms with Crippen molar-refractivity contribution in [2.75, 3.05) is 52.4 Å². The second-order valence-electron chi connectivity index (χ2n) is 12.7. The van der Waals surface area contributed by atoms with Crippen LogP contribution >= 0.6 is 0 Å². The fourth-order valence-corrected chi connectivity index (χ4v) is 6.16. The molecule has 4 rings (SSSR count). The highest BCUT2D eigenvalue weighted by molar-refractivity contribution is 5.92. The highest BCUT2D eigenvalue weighted by atomic mass is 16.2. The molecule has 6 amide bonds. The number of likely N-dealkylation sites (tertiary alicyclic amines) is 3. The van der Waals surface area contributed by atoms with Gasteiger partial charge in [0, 0.05) is 44.7 Å². The van der Waals surface area contributed by atoms with Gasteiger partial charge in [-0.2, -0.15) is 0 Å². The van der Waals surface area contributed by atoms with Crippen molar-refractivity contribution in [3.05, 3.63) is 35.9 Å². The van der Waals surface area contributed by atoms with Crippen LogP contribution in [0.25, 0.3) is 0 Å². The monoisotopic (exact) mass is 597 g/mol. The summed E-state index contributed by atoms with van der Waals surface area (Å²) in [6.07, 6.45) is 4.55. The zero-order chi connectivity index (χ0) is 31.0. The third-order valence-electron chi connectivity index (χ3n) is 8.71. The average Bonchev–Trinajstić information content (AvgIpc) is 3.52. The van der Waals surface area contributed by atoms with Crippen molar-refractivity contribution in [1.82, 2.24) is 30.7 Å². The molecule has 3 heterocycles. The lowest BCUT2D eigenvalue weighted by Gasteiger charge is -2.54. The topological polar surface area (TPSA) is 157 Å². The van der Waals surface area contributed by atoms with Crippen LogP contribution in [0.1, 0.15) is 51.5 Å². The first-order chi connectivity index (χ1) is 20.5. The standard InChI is InChI=1S/C31H47N7O5/c1-22(2)16-25(35-26(39)18-33-28(41)24(32)17-23-8-4-3-5-9-23)29(42)34-19-27(40)36-14-10-31(11-15-36)20-38(21-31)30(43)37-12-6-7-13-37/h3-5,8-9,22,24-25H,6-7,10-21,32H2,1-2H3,(H,33,41)(H,34,42)(H,35,39). The summed E-state index contributed by atoms with van der Waals surface area (Å²) < 4.78 is 0. The summed E-state index contributed by atoms with van der Waals surface area (Å²) in [5, 5.41) is 7.92. The van der Waals surface area contributed by atoms with E-state index in [1.54, 1.807) is 4.90 Å². The summed E-state index contributed by atoms with van der Waals surface area (Å²) in [4.78, 5) is 69.1. The molecule has 2 unspecified atom stereocenters. The molecule has 1 aromatic rings. The van der Waals surface area contributed by atoms with E-state index in [2.05, 4.69) is 16.0 Å². The van der Waals surface area contributed by atoms with Gasteiger partial charge in [0.25, 0.3) is 0 Å². The fraction of sp³-hybridized carbons (Fsp3) is 0.645. The van der Waals surface area contributed by atoms with Crippen LogP contribution in [0.15, 0.2) is 30.3 Å². The zero-order valence-corrected chi connectivity index (χ0v) is 25.5. The van der Waals surface area contributed by atoms with Crippen molar-refractivity contribution in [1.29, 1.82) is 0 Å². The Hall–Kier alpha value is -3.67. The predicted octanol–water partition coefficient (Wildman–Crippen LogP) is 0.460. The van der Waals surface area contributed by atoms with Crippen LogP contribution in [0.4, 0.5) is 4.79 Å². The lowest BCUT2D eigenvalue weighted by atomic mass is 9.72. The largest absolute Gasteiger partial charge is 0.346 e. The van der Waals surface area contributed by atoms with Gasteiger partial charge >= 0.3 is 6.03 Å². The van der Waals surface area contributed by atoms with Gasteiger partial charge in [0.1, 0.15) is 6.04 Å². The van der Waals surface area contributed by atoms with Gasteiger partial charge in [-0.15, -0.1) is 0 Å². The van der Waals surface area contributed by atoms with E-state index in [0.717, 1.165) is 57.4 Å². The number of carbonyl (C=O) groups excluding carboxylic acids is 5. The molecule has 3 aliphatic heterocycles. The number of carbonyl (C=O) groups is 5. The fourth-order valence-electron chi connectivity index (χ4n) is 6.16. The molecular weight excluding hydrogens is 550 g/mol. The predicted molar refractivity (Wildman–Crippen MR) is 162 cm³/mol. The van der Waals surface area contributed by atoms with Gasteiger partial charge in [0.2, 0.25) is 23.6 Å². The molecule has 3 aliphatic rings. The van der Waals surface area contributed by atoms with E-state index in [9.17, 15) is 24.0 Å². The van der Waals surface area contributed by atoms with E-state index < -0.39 is 29.8 Å². The number of nitrogens with two attached hydrogens (primary N) is 1. The van der Waals surface area contributed by atoms with Crippen molar-refractivity contribution in [2.45, 2.75) is 64.5 Å². The van der Waals surface area contributed by atoms with Crippen LogP contribution in [-0.4, -0.2) is 109 Å². The number of hydrogen-bond acceptors (Lipinski definition) is 6. The lowest BCUT2D eigenvalue weighted by Crippen LogP contribution is -2.64. The maximum atomic E-state index is 13.0. The first kappa shape index (κ1) is 32.2. The Morgan fingerprint density at radius 2 is 1.47 bits per heavy atom. The second kappa shape index (κ2) is 14.7. The quantitative estimate of drug-likeness (QED) is 0.290. The molecule has 0 bridgehead atoms. The molecule has 0 saturated carbocycles. The zero-order valence-electron chi connectivity index (χ0n) is 25.5. The number of piperidine rings is 1. The van der Waals surface area contributed by atoms with Crippen LogP contribution in [0.2, 0.25) is 0 Å². The van der Waals surface area contributed by atoms with Crippen molar-refractivity contribution in [2.24, 2.45) is 17.1 Å². The van der Waals surface area contributed by atoms with Crippen molar-refractivity contribution < 1.29 is 24.0 Å². The lowest BCUT2D eigenvalue weighted by molar-refractivity contribution is -0.137. The Morgan fingerprint density at radius 3 is 2.09 bits per heavy atom. The Balaban J connectivity index is 1.16. The molecular formula is C31H47N7O5. The number of nitrogens with one attached hydrogen (secondary N) is 3. The number of benzene rings is 1. The Morgan fingerprint density at radius 1 is 0.837 bits per heavy atom. The van der Waals surface area contributed by atoms with E-state index in [1.165, 1.54) is 0 Å². The smallest absolute Gasteiger partial charge is 0.320 e. The van der Waals surface area contributed by atoms with Crippen LogP contribution in [0, 0.1) is 11.3 Å². The number of nitrogens with zero attached hydrogens (tertiary/aromatic N) is 3. The van der Waals surface area contributed by atoms with Gasteiger partial charge in [-0.3, -0.25) is 19.2 Å². The molecule has 12 nitrogen and oxygen atoms in total. The molecule has 3 saturated heterocycles. The number of rotatable bonds is 11. The third kappa shape index (κ3) is 8.92.